The summed E-state index contributed by atoms with van der Waals surface area (Å²) in [4.78, 5) is 20.1. The van der Waals surface area contributed by atoms with Gasteiger partial charge in [-0.15, -0.1) is 0 Å². The quantitative estimate of drug-likeness (QED) is 0.863. The van der Waals surface area contributed by atoms with Crippen molar-refractivity contribution in [2.45, 2.75) is 25.7 Å². The van der Waals surface area contributed by atoms with Crippen molar-refractivity contribution in [3.63, 3.8) is 0 Å². The topological polar surface area (TPSA) is 92.3 Å². The number of amides is 1. The summed E-state index contributed by atoms with van der Waals surface area (Å²) >= 11 is 0. The number of anilines is 1. The number of nitrogens with zero attached hydrogens (tertiary/aromatic N) is 3. The van der Waals surface area contributed by atoms with Crippen molar-refractivity contribution in [3.8, 4) is 0 Å². The van der Waals surface area contributed by atoms with Crippen molar-refractivity contribution < 1.29 is 13.2 Å². The molecule has 1 amide bonds. The summed E-state index contributed by atoms with van der Waals surface area (Å²) in [6.45, 7) is 6.07. The molecular formula is C16H20N4O3S. The monoisotopic (exact) mass is 348 g/mol. The Morgan fingerprint density at radius 3 is 2.50 bits per heavy atom. The molecule has 0 saturated carbocycles. The summed E-state index contributed by atoms with van der Waals surface area (Å²) in [5.41, 5.74) is 1.17. The molecule has 0 aliphatic rings. The Kier molecular flexibility index (Phi) is 5.63. The summed E-state index contributed by atoms with van der Waals surface area (Å²) in [6, 6.07) is 4.80. The second-order valence-corrected chi connectivity index (χ2v) is 7.02. The zero-order chi connectivity index (χ0) is 17.7. The molecule has 24 heavy (non-hydrogen) atoms. The first-order valence-electron chi connectivity index (χ1n) is 7.58. The molecule has 0 bridgehead atoms. The normalized spacial score (nSPS) is 11.5. The number of aryl methyl sites for hydroxylation is 1. The third kappa shape index (κ3) is 3.77. The third-order valence-electron chi connectivity index (χ3n) is 3.57. The molecule has 1 aromatic carbocycles. The van der Waals surface area contributed by atoms with Gasteiger partial charge in [0.15, 0.2) is 0 Å². The number of carbonyl (C=O) groups is 1. The zero-order valence-electron chi connectivity index (χ0n) is 13.9. The molecule has 1 aromatic heterocycles. The van der Waals surface area contributed by atoms with E-state index < -0.39 is 15.9 Å². The lowest BCUT2D eigenvalue weighted by Gasteiger charge is -2.20. The maximum atomic E-state index is 12.7. The first-order valence-corrected chi connectivity index (χ1v) is 9.02. The second-order valence-electron chi connectivity index (χ2n) is 5.11. The highest BCUT2D eigenvalue weighted by molar-refractivity contribution is 7.89. The van der Waals surface area contributed by atoms with Gasteiger partial charge in [0, 0.05) is 31.2 Å². The number of hydrogen-bond donors (Lipinski definition) is 1. The minimum Gasteiger partial charge on any atom is -0.321 e. The Morgan fingerprint density at radius 1 is 1.21 bits per heavy atom. The van der Waals surface area contributed by atoms with Gasteiger partial charge in [-0.2, -0.15) is 4.31 Å². The lowest BCUT2D eigenvalue weighted by Crippen LogP contribution is -2.31. The van der Waals surface area contributed by atoms with Gasteiger partial charge in [-0.3, -0.25) is 9.78 Å². The van der Waals surface area contributed by atoms with Crippen LogP contribution in [-0.4, -0.2) is 41.7 Å². The highest BCUT2D eigenvalue weighted by Gasteiger charge is 2.24. The predicted molar refractivity (Wildman–Crippen MR) is 91.3 cm³/mol. The van der Waals surface area contributed by atoms with E-state index in [1.165, 1.54) is 29.0 Å². The van der Waals surface area contributed by atoms with Gasteiger partial charge in [-0.05, 0) is 24.6 Å². The average molecular weight is 348 g/mol. The Labute approximate surface area is 141 Å². The smallest absolute Gasteiger partial charge is 0.275 e. The molecule has 2 aromatic rings. The van der Waals surface area contributed by atoms with Crippen LogP contribution in [0.25, 0.3) is 0 Å². The molecular weight excluding hydrogens is 328 g/mol. The van der Waals surface area contributed by atoms with Crippen molar-refractivity contribution in [1.82, 2.24) is 14.3 Å². The third-order valence-corrected chi connectivity index (χ3v) is 5.76. The van der Waals surface area contributed by atoms with Gasteiger partial charge in [-0.1, -0.05) is 19.9 Å². The summed E-state index contributed by atoms with van der Waals surface area (Å²) in [6.07, 6.45) is 4.23. The van der Waals surface area contributed by atoms with Crippen LogP contribution in [0.4, 0.5) is 5.69 Å². The van der Waals surface area contributed by atoms with Crippen LogP contribution in [0.5, 0.6) is 0 Å². The number of rotatable bonds is 6. The zero-order valence-corrected chi connectivity index (χ0v) is 14.7. The molecule has 1 N–H and O–H groups in total. The van der Waals surface area contributed by atoms with Gasteiger partial charge < -0.3 is 5.32 Å². The molecule has 128 valence electrons. The molecule has 0 unspecified atom stereocenters. The first kappa shape index (κ1) is 18.0. The van der Waals surface area contributed by atoms with Crippen LogP contribution in [0.2, 0.25) is 0 Å². The van der Waals surface area contributed by atoms with Gasteiger partial charge >= 0.3 is 0 Å². The van der Waals surface area contributed by atoms with Gasteiger partial charge in [0.2, 0.25) is 10.0 Å². The number of aromatic nitrogens is 2. The van der Waals surface area contributed by atoms with E-state index in [0.717, 1.165) is 0 Å². The van der Waals surface area contributed by atoms with Crippen molar-refractivity contribution in [2.24, 2.45) is 0 Å². The summed E-state index contributed by atoms with van der Waals surface area (Å²) in [5, 5.41) is 2.65. The fourth-order valence-electron chi connectivity index (χ4n) is 2.27. The number of sulfonamides is 1. The molecule has 1 heterocycles. The maximum Gasteiger partial charge on any atom is 0.275 e. The van der Waals surface area contributed by atoms with E-state index in [0.29, 0.717) is 24.3 Å². The molecule has 0 spiro atoms. The Hall–Kier alpha value is -2.32. The van der Waals surface area contributed by atoms with E-state index in [4.69, 9.17) is 0 Å². The minimum atomic E-state index is -3.60. The molecule has 8 heteroatoms. The fourth-order valence-corrected chi connectivity index (χ4v) is 3.98. The number of nitrogens with one attached hydrogen (secondary N) is 1. The first-order chi connectivity index (χ1) is 11.4. The van der Waals surface area contributed by atoms with Gasteiger partial charge in [0.05, 0.1) is 11.1 Å². The van der Waals surface area contributed by atoms with Crippen LogP contribution < -0.4 is 5.32 Å². The van der Waals surface area contributed by atoms with Gasteiger partial charge in [0.25, 0.3) is 5.91 Å². The van der Waals surface area contributed by atoms with Gasteiger partial charge in [-0.25, -0.2) is 13.4 Å². The lowest BCUT2D eigenvalue weighted by atomic mass is 10.2. The van der Waals surface area contributed by atoms with Crippen LogP contribution in [0.1, 0.15) is 29.9 Å². The molecule has 0 atom stereocenters. The molecule has 0 saturated heterocycles. The van der Waals surface area contributed by atoms with Crippen LogP contribution in [0.3, 0.4) is 0 Å². The molecule has 0 fully saturated rings. The summed E-state index contributed by atoms with van der Waals surface area (Å²) in [5.74, 6) is -0.446. The Balaban J connectivity index is 2.34. The van der Waals surface area contributed by atoms with Crippen molar-refractivity contribution in [2.75, 3.05) is 18.4 Å². The number of benzene rings is 1. The van der Waals surface area contributed by atoms with E-state index in [1.807, 2.05) is 0 Å². The van der Waals surface area contributed by atoms with E-state index in [2.05, 4.69) is 15.3 Å². The molecule has 0 aliphatic heterocycles. The molecule has 7 nitrogen and oxygen atoms in total. The van der Waals surface area contributed by atoms with Crippen molar-refractivity contribution in [3.05, 3.63) is 48.0 Å². The number of hydrogen-bond acceptors (Lipinski definition) is 5. The summed E-state index contributed by atoms with van der Waals surface area (Å²) < 4.78 is 26.8. The maximum absolute atomic E-state index is 12.7. The van der Waals surface area contributed by atoms with Gasteiger partial charge in [0.1, 0.15) is 5.69 Å². The van der Waals surface area contributed by atoms with E-state index in [-0.39, 0.29) is 10.6 Å². The summed E-state index contributed by atoms with van der Waals surface area (Å²) in [7, 11) is -3.60. The fraction of sp³-hybridized carbons (Fsp3) is 0.312. The van der Waals surface area contributed by atoms with Crippen molar-refractivity contribution >= 4 is 21.6 Å². The predicted octanol–water partition coefficient (Wildman–Crippen LogP) is 2.07. The van der Waals surface area contributed by atoms with Crippen LogP contribution in [-0.2, 0) is 10.0 Å². The molecule has 2 rings (SSSR count). The molecule has 0 radical (unpaired) electrons. The minimum absolute atomic E-state index is 0.159. The Bertz CT molecular complexity index is 818. The van der Waals surface area contributed by atoms with Crippen LogP contribution >= 0.6 is 0 Å². The van der Waals surface area contributed by atoms with E-state index in [9.17, 15) is 13.2 Å². The standard InChI is InChI=1S/C16H20N4O3S/c1-4-20(5-2)24(22,23)15-10-13(7-6-12(15)3)19-16(21)14-11-17-8-9-18-14/h6-11H,4-5H2,1-3H3,(H,19,21). The lowest BCUT2D eigenvalue weighted by molar-refractivity contribution is 0.102. The van der Waals surface area contributed by atoms with E-state index in [1.54, 1.807) is 32.9 Å². The van der Waals surface area contributed by atoms with Crippen LogP contribution in [0, 0.1) is 6.92 Å². The molecule has 0 aliphatic carbocycles. The Morgan fingerprint density at radius 2 is 1.92 bits per heavy atom. The second kappa shape index (κ2) is 7.50. The highest BCUT2D eigenvalue weighted by Crippen LogP contribution is 2.23. The average Bonchev–Trinajstić information content (AvgIpc) is 2.58. The highest BCUT2D eigenvalue weighted by atomic mass is 32.2. The largest absolute Gasteiger partial charge is 0.321 e. The SMILES string of the molecule is CCN(CC)S(=O)(=O)c1cc(NC(=O)c2cnccn2)ccc1C. The number of carbonyl (C=O) groups excluding carboxylic acids is 1. The van der Waals surface area contributed by atoms with E-state index >= 15 is 0 Å². The van der Waals surface area contributed by atoms with Crippen LogP contribution in [0.15, 0.2) is 41.7 Å². The van der Waals surface area contributed by atoms with Crippen molar-refractivity contribution in [1.29, 1.82) is 0 Å².